The minimum absolute atomic E-state index is 0.0250. The quantitative estimate of drug-likeness (QED) is 0.598. The lowest BCUT2D eigenvalue weighted by Crippen LogP contribution is -2.38. The third-order valence-corrected chi connectivity index (χ3v) is 3.41. The minimum atomic E-state index is -0.0250. The first-order chi connectivity index (χ1) is 8.81. The first-order valence-electron chi connectivity index (χ1n) is 6.64. The molecule has 1 aromatic rings. The molecule has 100 valence electrons. The number of rotatable bonds is 6. The SMILES string of the molecule is CCOC(CC)C(NN)c1cccc2c1OCC2. The molecule has 0 spiro atoms. The second-order valence-corrected chi connectivity index (χ2v) is 4.48. The van der Waals surface area contributed by atoms with Crippen LogP contribution in [-0.4, -0.2) is 19.3 Å². The Morgan fingerprint density at radius 1 is 1.44 bits per heavy atom. The summed E-state index contributed by atoms with van der Waals surface area (Å²) < 4.78 is 11.5. The largest absolute Gasteiger partial charge is 0.493 e. The van der Waals surface area contributed by atoms with Gasteiger partial charge in [0.25, 0.3) is 0 Å². The molecule has 2 unspecified atom stereocenters. The Balaban J connectivity index is 2.30. The van der Waals surface area contributed by atoms with E-state index in [2.05, 4.69) is 30.5 Å². The zero-order valence-corrected chi connectivity index (χ0v) is 11.1. The molecule has 0 fully saturated rings. The fourth-order valence-electron chi connectivity index (χ4n) is 2.55. The van der Waals surface area contributed by atoms with E-state index in [-0.39, 0.29) is 12.1 Å². The molecule has 3 N–H and O–H groups in total. The predicted octanol–water partition coefficient (Wildman–Crippen LogP) is 1.94. The molecular formula is C14H22N2O2. The summed E-state index contributed by atoms with van der Waals surface area (Å²) in [5, 5.41) is 0. The normalized spacial score (nSPS) is 17.1. The molecule has 18 heavy (non-hydrogen) atoms. The van der Waals surface area contributed by atoms with E-state index in [0.717, 1.165) is 30.8 Å². The third kappa shape index (κ3) is 2.51. The van der Waals surface area contributed by atoms with Gasteiger partial charge in [0.15, 0.2) is 0 Å². The van der Waals surface area contributed by atoms with Gasteiger partial charge >= 0.3 is 0 Å². The van der Waals surface area contributed by atoms with Crippen LogP contribution in [-0.2, 0) is 11.2 Å². The van der Waals surface area contributed by atoms with Gasteiger partial charge in [-0.1, -0.05) is 25.1 Å². The van der Waals surface area contributed by atoms with Gasteiger partial charge in [-0.15, -0.1) is 0 Å². The van der Waals surface area contributed by atoms with E-state index in [1.807, 2.05) is 6.92 Å². The van der Waals surface area contributed by atoms with Crippen LogP contribution in [0.15, 0.2) is 18.2 Å². The first kappa shape index (κ1) is 13.3. The predicted molar refractivity (Wildman–Crippen MR) is 71.4 cm³/mol. The molecule has 0 bridgehead atoms. The van der Waals surface area contributed by atoms with Gasteiger partial charge in [0.1, 0.15) is 5.75 Å². The molecule has 4 nitrogen and oxygen atoms in total. The molecule has 2 atom stereocenters. The van der Waals surface area contributed by atoms with Gasteiger partial charge in [0.2, 0.25) is 0 Å². The lowest BCUT2D eigenvalue weighted by Gasteiger charge is -2.27. The van der Waals surface area contributed by atoms with Gasteiger partial charge in [-0.2, -0.15) is 0 Å². The van der Waals surface area contributed by atoms with Crippen LogP contribution in [0.3, 0.4) is 0 Å². The number of nitrogens with two attached hydrogens (primary N) is 1. The Labute approximate surface area is 108 Å². The van der Waals surface area contributed by atoms with Gasteiger partial charge in [-0.3, -0.25) is 11.3 Å². The summed E-state index contributed by atoms with van der Waals surface area (Å²) in [7, 11) is 0. The third-order valence-electron chi connectivity index (χ3n) is 3.41. The zero-order valence-electron chi connectivity index (χ0n) is 11.1. The Bertz CT molecular complexity index is 395. The van der Waals surface area contributed by atoms with Crippen molar-refractivity contribution in [3.63, 3.8) is 0 Å². The van der Waals surface area contributed by atoms with Gasteiger partial charge in [0.05, 0.1) is 18.8 Å². The minimum Gasteiger partial charge on any atom is -0.493 e. The summed E-state index contributed by atoms with van der Waals surface area (Å²) >= 11 is 0. The maximum atomic E-state index is 5.76. The van der Waals surface area contributed by atoms with Crippen LogP contribution in [0.25, 0.3) is 0 Å². The molecule has 0 saturated carbocycles. The van der Waals surface area contributed by atoms with E-state index in [1.165, 1.54) is 5.56 Å². The van der Waals surface area contributed by atoms with Crippen molar-refractivity contribution in [3.8, 4) is 5.75 Å². The van der Waals surface area contributed by atoms with E-state index < -0.39 is 0 Å². The van der Waals surface area contributed by atoms with Gasteiger partial charge in [-0.05, 0) is 18.9 Å². The molecule has 0 radical (unpaired) electrons. The first-order valence-corrected chi connectivity index (χ1v) is 6.64. The molecule has 0 aromatic heterocycles. The van der Waals surface area contributed by atoms with Crippen LogP contribution in [0.1, 0.15) is 37.4 Å². The fourth-order valence-corrected chi connectivity index (χ4v) is 2.55. The Hall–Kier alpha value is -1.10. The highest BCUT2D eigenvalue weighted by molar-refractivity contribution is 5.46. The molecule has 4 heteroatoms. The molecule has 1 aromatic carbocycles. The summed E-state index contributed by atoms with van der Waals surface area (Å²) in [6.45, 7) is 5.55. The van der Waals surface area contributed by atoms with E-state index in [0.29, 0.717) is 6.61 Å². The smallest absolute Gasteiger partial charge is 0.127 e. The second kappa shape index (κ2) is 6.18. The number of hydrogen-bond acceptors (Lipinski definition) is 4. The number of hydrazine groups is 1. The maximum absolute atomic E-state index is 5.76. The number of fused-ring (bicyclic) bond motifs is 1. The highest BCUT2D eigenvalue weighted by Crippen LogP contribution is 2.35. The van der Waals surface area contributed by atoms with Crippen molar-refractivity contribution >= 4 is 0 Å². The Kier molecular flexibility index (Phi) is 4.58. The highest BCUT2D eigenvalue weighted by atomic mass is 16.5. The van der Waals surface area contributed by atoms with Crippen molar-refractivity contribution in [2.45, 2.75) is 38.8 Å². The molecule has 1 aliphatic rings. The molecule has 1 heterocycles. The van der Waals surface area contributed by atoms with Crippen LogP contribution in [0.5, 0.6) is 5.75 Å². The molecule has 2 rings (SSSR count). The summed E-state index contributed by atoms with van der Waals surface area (Å²) in [5.41, 5.74) is 5.25. The Morgan fingerprint density at radius 2 is 2.28 bits per heavy atom. The number of benzene rings is 1. The molecule has 1 aliphatic heterocycles. The standard InChI is InChI=1S/C14H22N2O2/c1-3-12(17-4-2)13(16-15)11-7-5-6-10-8-9-18-14(10)11/h5-7,12-13,16H,3-4,8-9,15H2,1-2H3. The molecule has 0 saturated heterocycles. The van der Waals surface area contributed by atoms with Gasteiger partial charge in [0, 0.05) is 18.6 Å². The zero-order chi connectivity index (χ0) is 13.0. The van der Waals surface area contributed by atoms with Crippen molar-refractivity contribution in [1.29, 1.82) is 0 Å². The van der Waals surface area contributed by atoms with Crippen LogP contribution in [0, 0.1) is 0 Å². The van der Waals surface area contributed by atoms with Crippen LogP contribution < -0.4 is 16.0 Å². The number of nitrogens with one attached hydrogen (secondary N) is 1. The summed E-state index contributed by atoms with van der Waals surface area (Å²) in [4.78, 5) is 0. The van der Waals surface area contributed by atoms with E-state index >= 15 is 0 Å². The monoisotopic (exact) mass is 250 g/mol. The molecule has 0 amide bonds. The molecular weight excluding hydrogens is 228 g/mol. The number of para-hydroxylation sites is 1. The van der Waals surface area contributed by atoms with E-state index in [1.54, 1.807) is 0 Å². The van der Waals surface area contributed by atoms with Crippen molar-refractivity contribution in [3.05, 3.63) is 29.3 Å². The Morgan fingerprint density at radius 3 is 2.94 bits per heavy atom. The molecule has 0 aliphatic carbocycles. The van der Waals surface area contributed by atoms with Crippen molar-refractivity contribution in [2.75, 3.05) is 13.2 Å². The van der Waals surface area contributed by atoms with E-state index in [9.17, 15) is 0 Å². The second-order valence-electron chi connectivity index (χ2n) is 4.48. The summed E-state index contributed by atoms with van der Waals surface area (Å²) in [6.07, 6.45) is 1.95. The highest BCUT2D eigenvalue weighted by Gasteiger charge is 2.27. The lowest BCUT2D eigenvalue weighted by atomic mass is 9.97. The summed E-state index contributed by atoms with van der Waals surface area (Å²) in [6, 6.07) is 6.21. The van der Waals surface area contributed by atoms with Crippen LogP contribution in [0.2, 0.25) is 0 Å². The lowest BCUT2D eigenvalue weighted by molar-refractivity contribution is 0.0308. The number of hydrogen-bond donors (Lipinski definition) is 2. The van der Waals surface area contributed by atoms with Crippen molar-refractivity contribution < 1.29 is 9.47 Å². The summed E-state index contributed by atoms with van der Waals surface area (Å²) in [5.74, 6) is 6.70. The average Bonchev–Trinajstić information content (AvgIpc) is 2.87. The average molecular weight is 250 g/mol. The van der Waals surface area contributed by atoms with Crippen molar-refractivity contribution in [2.24, 2.45) is 5.84 Å². The van der Waals surface area contributed by atoms with E-state index in [4.69, 9.17) is 15.3 Å². The van der Waals surface area contributed by atoms with Crippen LogP contribution in [0.4, 0.5) is 0 Å². The van der Waals surface area contributed by atoms with Crippen LogP contribution >= 0.6 is 0 Å². The number of ether oxygens (including phenoxy) is 2. The maximum Gasteiger partial charge on any atom is 0.127 e. The van der Waals surface area contributed by atoms with Gasteiger partial charge < -0.3 is 9.47 Å². The van der Waals surface area contributed by atoms with Gasteiger partial charge in [-0.25, -0.2) is 0 Å². The van der Waals surface area contributed by atoms with Crippen molar-refractivity contribution in [1.82, 2.24) is 5.43 Å². The fraction of sp³-hybridized carbons (Fsp3) is 0.571. The topological polar surface area (TPSA) is 56.5 Å².